The van der Waals surface area contributed by atoms with E-state index >= 15 is 0 Å². The number of hydrogen-bond acceptors (Lipinski definition) is 4. The van der Waals surface area contributed by atoms with Crippen LogP contribution in [0.5, 0.6) is 0 Å². The van der Waals surface area contributed by atoms with E-state index in [1.54, 1.807) is 4.68 Å². The molecular weight excluding hydrogens is 336 g/mol. The standard InChI is InChI=1S/C22H22N4O/c1-21(2)12-22(27,13-21)17-6-4-14-5-7-18(24-19(14)9-17)15-8-16-11-26(3)25-20(16)23-10-15/h4-11,27H,12-13H2,1-3H3. The van der Waals surface area contributed by atoms with Crippen LogP contribution in [-0.2, 0) is 12.6 Å². The maximum Gasteiger partial charge on any atom is 0.181 e. The third-order valence-electron chi connectivity index (χ3n) is 5.54. The summed E-state index contributed by atoms with van der Waals surface area (Å²) in [5.41, 5.74) is 3.90. The summed E-state index contributed by atoms with van der Waals surface area (Å²) in [6.45, 7) is 4.39. The van der Waals surface area contributed by atoms with E-state index in [9.17, 15) is 5.11 Å². The molecule has 1 aromatic carbocycles. The number of aromatic nitrogens is 4. The second-order valence-electron chi connectivity index (χ2n) is 8.59. The molecule has 27 heavy (non-hydrogen) atoms. The fourth-order valence-electron chi connectivity index (χ4n) is 4.48. The molecule has 0 bridgehead atoms. The van der Waals surface area contributed by atoms with Crippen molar-refractivity contribution in [2.24, 2.45) is 12.5 Å². The van der Waals surface area contributed by atoms with Gasteiger partial charge in [-0.05, 0) is 42.0 Å². The number of hydrogen-bond donors (Lipinski definition) is 1. The normalized spacial score (nSPS) is 17.9. The molecule has 0 saturated heterocycles. The Hall–Kier alpha value is -2.79. The van der Waals surface area contributed by atoms with Crippen molar-refractivity contribution in [3.05, 3.63) is 54.4 Å². The highest BCUT2D eigenvalue weighted by Gasteiger charge is 2.48. The smallest absolute Gasteiger partial charge is 0.181 e. The number of aliphatic hydroxyl groups is 1. The largest absolute Gasteiger partial charge is 0.385 e. The number of rotatable bonds is 2. The molecule has 1 aliphatic rings. The Bertz CT molecular complexity index is 1180. The molecule has 1 N–H and O–H groups in total. The van der Waals surface area contributed by atoms with E-state index in [-0.39, 0.29) is 5.41 Å². The average molecular weight is 358 g/mol. The van der Waals surface area contributed by atoms with Crippen LogP contribution in [0, 0.1) is 5.41 Å². The minimum Gasteiger partial charge on any atom is -0.385 e. The van der Waals surface area contributed by atoms with Crippen molar-refractivity contribution in [2.45, 2.75) is 32.3 Å². The number of fused-ring (bicyclic) bond motifs is 2. The minimum absolute atomic E-state index is 0.198. The molecule has 0 unspecified atom stereocenters. The fourth-order valence-corrected chi connectivity index (χ4v) is 4.48. The molecule has 5 nitrogen and oxygen atoms in total. The zero-order valence-corrected chi connectivity index (χ0v) is 15.8. The molecule has 136 valence electrons. The maximum atomic E-state index is 10.9. The van der Waals surface area contributed by atoms with Crippen LogP contribution >= 0.6 is 0 Å². The van der Waals surface area contributed by atoms with Crippen LogP contribution in [-0.4, -0.2) is 24.9 Å². The Morgan fingerprint density at radius 3 is 2.59 bits per heavy atom. The Morgan fingerprint density at radius 2 is 1.81 bits per heavy atom. The summed E-state index contributed by atoms with van der Waals surface area (Å²) in [4.78, 5) is 9.29. The van der Waals surface area contributed by atoms with Gasteiger partial charge in [-0.2, -0.15) is 5.10 Å². The van der Waals surface area contributed by atoms with E-state index in [1.165, 1.54) is 0 Å². The van der Waals surface area contributed by atoms with Gasteiger partial charge < -0.3 is 5.11 Å². The van der Waals surface area contributed by atoms with Crippen molar-refractivity contribution >= 4 is 21.9 Å². The van der Waals surface area contributed by atoms with E-state index in [0.29, 0.717) is 0 Å². The molecule has 3 aromatic heterocycles. The van der Waals surface area contributed by atoms with Crippen LogP contribution in [0.4, 0.5) is 0 Å². The van der Waals surface area contributed by atoms with Crippen molar-refractivity contribution in [2.75, 3.05) is 0 Å². The lowest BCUT2D eigenvalue weighted by molar-refractivity contribution is -0.119. The van der Waals surface area contributed by atoms with Gasteiger partial charge in [-0.25, -0.2) is 9.97 Å². The Labute approximate surface area is 157 Å². The van der Waals surface area contributed by atoms with Gasteiger partial charge in [-0.3, -0.25) is 4.68 Å². The summed E-state index contributed by atoms with van der Waals surface area (Å²) in [6, 6.07) is 12.3. The Balaban J connectivity index is 1.57. The third-order valence-corrected chi connectivity index (χ3v) is 5.54. The van der Waals surface area contributed by atoms with E-state index in [2.05, 4.69) is 36.1 Å². The molecule has 5 heteroatoms. The van der Waals surface area contributed by atoms with Crippen LogP contribution in [0.2, 0.25) is 0 Å². The van der Waals surface area contributed by atoms with E-state index in [4.69, 9.17) is 4.98 Å². The number of benzene rings is 1. The summed E-state index contributed by atoms with van der Waals surface area (Å²) < 4.78 is 1.77. The van der Waals surface area contributed by atoms with Gasteiger partial charge in [-0.15, -0.1) is 0 Å². The lowest BCUT2D eigenvalue weighted by Crippen LogP contribution is -2.46. The topological polar surface area (TPSA) is 63.8 Å². The lowest BCUT2D eigenvalue weighted by Gasteiger charge is -2.50. The zero-order valence-electron chi connectivity index (χ0n) is 15.8. The maximum absolute atomic E-state index is 10.9. The molecule has 0 aliphatic heterocycles. The van der Waals surface area contributed by atoms with E-state index < -0.39 is 5.60 Å². The molecule has 1 aliphatic carbocycles. The molecule has 0 amide bonds. The van der Waals surface area contributed by atoms with E-state index in [1.807, 2.05) is 43.7 Å². The molecule has 1 fully saturated rings. The quantitative estimate of drug-likeness (QED) is 0.583. The van der Waals surface area contributed by atoms with Gasteiger partial charge in [0.05, 0.1) is 16.8 Å². The van der Waals surface area contributed by atoms with Crippen molar-refractivity contribution < 1.29 is 5.11 Å². The van der Waals surface area contributed by atoms with Crippen LogP contribution in [0.3, 0.4) is 0 Å². The first-order valence-corrected chi connectivity index (χ1v) is 9.25. The number of aryl methyl sites for hydroxylation is 1. The van der Waals surface area contributed by atoms with Gasteiger partial charge in [0.25, 0.3) is 0 Å². The molecular formula is C22H22N4O. The number of nitrogens with zero attached hydrogens (tertiary/aromatic N) is 4. The Kier molecular flexibility index (Phi) is 3.25. The molecule has 0 radical (unpaired) electrons. The van der Waals surface area contributed by atoms with E-state index in [0.717, 1.165) is 51.6 Å². The molecule has 4 aromatic rings. The van der Waals surface area contributed by atoms with Gasteiger partial charge >= 0.3 is 0 Å². The SMILES string of the molecule is Cn1cc2cc(-c3ccc4ccc(C5(O)CC(C)(C)C5)cc4n3)cnc2n1. The fraction of sp³-hybridized carbons (Fsp3) is 0.318. The first-order valence-electron chi connectivity index (χ1n) is 9.25. The van der Waals surface area contributed by atoms with Crippen molar-refractivity contribution in [3.63, 3.8) is 0 Å². The van der Waals surface area contributed by atoms with Gasteiger partial charge in [-0.1, -0.05) is 32.0 Å². The van der Waals surface area contributed by atoms with Gasteiger partial charge in [0.15, 0.2) is 5.65 Å². The zero-order chi connectivity index (χ0) is 18.8. The first kappa shape index (κ1) is 16.4. The van der Waals surface area contributed by atoms with Crippen LogP contribution in [0.1, 0.15) is 32.3 Å². The predicted octanol–water partition coefficient (Wildman–Crippen LogP) is 4.19. The van der Waals surface area contributed by atoms with Crippen molar-refractivity contribution in [1.82, 2.24) is 19.7 Å². The summed E-state index contributed by atoms with van der Waals surface area (Å²) in [5, 5.41) is 17.3. The molecule has 5 rings (SSSR count). The van der Waals surface area contributed by atoms with Crippen molar-refractivity contribution in [3.8, 4) is 11.3 Å². The predicted molar refractivity (Wildman–Crippen MR) is 106 cm³/mol. The first-order chi connectivity index (χ1) is 12.8. The highest BCUT2D eigenvalue weighted by molar-refractivity contribution is 5.84. The van der Waals surface area contributed by atoms with Gasteiger partial charge in [0, 0.05) is 35.8 Å². The lowest BCUT2D eigenvalue weighted by atomic mass is 9.59. The molecule has 0 spiro atoms. The summed E-state index contributed by atoms with van der Waals surface area (Å²) >= 11 is 0. The second-order valence-corrected chi connectivity index (χ2v) is 8.59. The minimum atomic E-state index is -0.731. The number of pyridine rings is 2. The summed E-state index contributed by atoms with van der Waals surface area (Å²) in [7, 11) is 1.89. The second kappa shape index (κ2) is 5.36. The summed E-state index contributed by atoms with van der Waals surface area (Å²) in [5.74, 6) is 0. The van der Waals surface area contributed by atoms with Crippen LogP contribution < -0.4 is 0 Å². The Morgan fingerprint density at radius 1 is 1.04 bits per heavy atom. The third kappa shape index (κ3) is 2.70. The highest BCUT2D eigenvalue weighted by atomic mass is 16.3. The van der Waals surface area contributed by atoms with Crippen LogP contribution in [0.15, 0.2) is 48.8 Å². The highest BCUT2D eigenvalue weighted by Crippen LogP contribution is 2.53. The molecule has 1 saturated carbocycles. The average Bonchev–Trinajstić information content (AvgIpc) is 2.98. The van der Waals surface area contributed by atoms with Crippen LogP contribution in [0.25, 0.3) is 33.2 Å². The summed E-state index contributed by atoms with van der Waals surface area (Å²) in [6.07, 6.45) is 5.34. The molecule has 3 heterocycles. The monoisotopic (exact) mass is 358 g/mol. The van der Waals surface area contributed by atoms with Crippen molar-refractivity contribution in [1.29, 1.82) is 0 Å². The molecule has 0 atom stereocenters. The van der Waals surface area contributed by atoms with Gasteiger partial charge in [0.1, 0.15) is 0 Å². The van der Waals surface area contributed by atoms with Gasteiger partial charge in [0.2, 0.25) is 0 Å².